The Bertz CT molecular complexity index is 328. The molecule has 1 unspecified atom stereocenters. The van der Waals surface area contributed by atoms with Crippen LogP contribution < -0.4 is 0 Å². The second-order valence-electron chi connectivity index (χ2n) is 2.35. The summed E-state index contributed by atoms with van der Waals surface area (Å²) in [5, 5.41) is 9.69. The molecule has 0 heterocycles. The van der Waals surface area contributed by atoms with Gasteiger partial charge in [0, 0.05) is 10.0 Å². The third kappa shape index (κ3) is 1.91. The molecule has 0 spiro atoms. The Balaban J connectivity index is 3.15. The first-order valence-electron chi connectivity index (χ1n) is 3.33. The highest BCUT2D eigenvalue weighted by Gasteiger charge is 2.08. The van der Waals surface area contributed by atoms with Crippen molar-refractivity contribution in [3.05, 3.63) is 40.7 Å². The van der Waals surface area contributed by atoms with E-state index in [0.717, 1.165) is 0 Å². The zero-order valence-corrected chi connectivity index (χ0v) is 7.73. The summed E-state index contributed by atoms with van der Waals surface area (Å²) in [4.78, 5) is 0. The first-order valence-corrected chi connectivity index (χ1v) is 4.08. The molecule has 3 heteroatoms. The molecular formula is C9H6Cl2N. The molecule has 0 saturated heterocycles. The third-order valence-electron chi connectivity index (χ3n) is 1.49. The van der Waals surface area contributed by atoms with Gasteiger partial charge in [-0.15, -0.1) is 0 Å². The van der Waals surface area contributed by atoms with E-state index in [1.165, 1.54) is 0 Å². The summed E-state index contributed by atoms with van der Waals surface area (Å²) in [6.45, 7) is 3.62. The van der Waals surface area contributed by atoms with E-state index in [1.54, 1.807) is 18.2 Å². The summed E-state index contributed by atoms with van der Waals surface area (Å²) in [5.41, 5.74) is 0.673. The molecule has 0 bridgehead atoms. The van der Waals surface area contributed by atoms with Gasteiger partial charge >= 0.3 is 0 Å². The maximum Gasteiger partial charge on any atom is 0.0728 e. The predicted octanol–water partition coefficient (Wildman–Crippen LogP) is 3.43. The minimum Gasteiger partial charge on any atom is -0.198 e. The van der Waals surface area contributed by atoms with Gasteiger partial charge in [-0.2, -0.15) is 5.26 Å². The van der Waals surface area contributed by atoms with Gasteiger partial charge in [-0.3, -0.25) is 0 Å². The smallest absolute Gasteiger partial charge is 0.0728 e. The quantitative estimate of drug-likeness (QED) is 0.679. The van der Waals surface area contributed by atoms with E-state index < -0.39 is 5.92 Å². The average Bonchev–Trinajstić information content (AvgIpc) is 2.08. The molecule has 0 amide bonds. The highest BCUT2D eigenvalue weighted by atomic mass is 35.5. The Morgan fingerprint density at radius 2 is 2.08 bits per heavy atom. The van der Waals surface area contributed by atoms with Crippen molar-refractivity contribution < 1.29 is 0 Å². The molecule has 0 aliphatic heterocycles. The van der Waals surface area contributed by atoms with Crippen LogP contribution in [-0.2, 0) is 0 Å². The van der Waals surface area contributed by atoms with Gasteiger partial charge in [-0.05, 0) is 30.7 Å². The van der Waals surface area contributed by atoms with Crippen LogP contribution in [0.3, 0.4) is 0 Å². The van der Waals surface area contributed by atoms with Crippen LogP contribution in [0, 0.1) is 18.3 Å². The van der Waals surface area contributed by atoms with Crippen LogP contribution in [0.1, 0.15) is 11.5 Å². The fourth-order valence-electron chi connectivity index (χ4n) is 0.851. The van der Waals surface area contributed by atoms with E-state index in [1.807, 2.05) is 6.07 Å². The molecule has 0 aliphatic rings. The Morgan fingerprint density at radius 1 is 1.42 bits per heavy atom. The van der Waals surface area contributed by atoms with Crippen LogP contribution >= 0.6 is 23.2 Å². The van der Waals surface area contributed by atoms with Crippen LogP contribution in [-0.4, -0.2) is 0 Å². The van der Waals surface area contributed by atoms with Crippen molar-refractivity contribution in [2.24, 2.45) is 0 Å². The fourth-order valence-corrected chi connectivity index (χ4v) is 1.28. The zero-order chi connectivity index (χ0) is 9.14. The summed E-state index contributed by atoms with van der Waals surface area (Å²) in [5.74, 6) is -0.462. The number of nitrogens with zero attached hydrogens (tertiary/aromatic N) is 1. The van der Waals surface area contributed by atoms with E-state index >= 15 is 0 Å². The maximum atomic E-state index is 8.59. The molecule has 1 rings (SSSR count). The van der Waals surface area contributed by atoms with E-state index in [4.69, 9.17) is 28.5 Å². The van der Waals surface area contributed by atoms with Crippen molar-refractivity contribution in [1.29, 1.82) is 5.26 Å². The zero-order valence-electron chi connectivity index (χ0n) is 6.22. The normalized spacial score (nSPS) is 12.2. The fraction of sp³-hybridized carbons (Fsp3) is 0.111. The molecular weight excluding hydrogens is 193 g/mol. The van der Waals surface area contributed by atoms with Gasteiger partial charge in [-0.1, -0.05) is 23.2 Å². The van der Waals surface area contributed by atoms with Gasteiger partial charge in [0.2, 0.25) is 0 Å². The van der Waals surface area contributed by atoms with E-state index in [-0.39, 0.29) is 0 Å². The largest absolute Gasteiger partial charge is 0.198 e. The van der Waals surface area contributed by atoms with E-state index in [2.05, 4.69) is 6.92 Å². The maximum absolute atomic E-state index is 8.59. The van der Waals surface area contributed by atoms with E-state index in [0.29, 0.717) is 15.6 Å². The van der Waals surface area contributed by atoms with Crippen molar-refractivity contribution in [3.8, 4) is 6.07 Å². The van der Waals surface area contributed by atoms with Crippen LogP contribution in [0.2, 0.25) is 10.0 Å². The average molecular weight is 199 g/mol. The second kappa shape index (κ2) is 3.80. The Labute approximate surface area is 81.5 Å². The monoisotopic (exact) mass is 198 g/mol. The lowest BCUT2D eigenvalue weighted by Crippen LogP contribution is -1.90. The summed E-state index contributed by atoms with van der Waals surface area (Å²) >= 11 is 11.5. The van der Waals surface area contributed by atoms with Crippen LogP contribution in [0.5, 0.6) is 0 Å². The van der Waals surface area contributed by atoms with Gasteiger partial charge in [-0.25, -0.2) is 0 Å². The lowest BCUT2D eigenvalue weighted by Gasteiger charge is -2.05. The molecule has 12 heavy (non-hydrogen) atoms. The lowest BCUT2D eigenvalue weighted by atomic mass is 10.0. The number of benzene rings is 1. The SMILES string of the molecule is [CH2]C(C#N)c1cc(Cl)ccc1Cl. The summed E-state index contributed by atoms with van der Waals surface area (Å²) in [7, 11) is 0. The number of rotatable bonds is 1. The molecule has 1 aromatic carbocycles. The van der Waals surface area contributed by atoms with Gasteiger partial charge in [0.05, 0.1) is 12.0 Å². The molecule has 1 radical (unpaired) electrons. The van der Waals surface area contributed by atoms with Gasteiger partial charge in [0.1, 0.15) is 0 Å². The molecule has 0 fully saturated rings. The van der Waals surface area contributed by atoms with Gasteiger partial charge in [0.15, 0.2) is 0 Å². The van der Waals surface area contributed by atoms with Crippen molar-refractivity contribution in [2.75, 3.05) is 0 Å². The van der Waals surface area contributed by atoms with E-state index in [9.17, 15) is 0 Å². The number of hydrogen-bond acceptors (Lipinski definition) is 1. The number of hydrogen-bond donors (Lipinski definition) is 0. The first kappa shape index (κ1) is 9.38. The predicted molar refractivity (Wildman–Crippen MR) is 50.2 cm³/mol. The van der Waals surface area contributed by atoms with Crippen LogP contribution in [0.4, 0.5) is 0 Å². The van der Waals surface area contributed by atoms with Gasteiger partial charge in [0.25, 0.3) is 0 Å². The summed E-state index contributed by atoms with van der Waals surface area (Å²) in [6, 6.07) is 6.99. The Morgan fingerprint density at radius 3 is 2.67 bits per heavy atom. The summed E-state index contributed by atoms with van der Waals surface area (Å²) < 4.78 is 0. The highest BCUT2D eigenvalue weighted by Crippen LogP contribution is 2.26. The first-order chi connectivity index (χ1) is 5.65. The van der Waals surface area contributed by atoms with Crippen LogP contribution in [0.15, 0.2) is 18.2 Å². The van der Waals surface area contributed by atoms with Gasteiger partial charge < -0.3 is 0 Å². The number of nitriles is 1. The van der Waals surface area contributed by atoms with Crippen molar-refractivity contribution in [3.63, 3.8) is 0 Å². The Kier molecular flexibility index (Phi) is 2.97. The third-order valence-corrected chi connectivity index (χ3v) is 2.07. The van der Waals surface area contributed by atoms with Crippen molar-refractivity contribution >= 4 is 23.2 Å². The molecule has 1 aromatic rings. The second-order valence-corrected chi connectivity index (χ2v) is 3.19. The molecule has 1 nitrogen and oxygen atoms in total. The number of halogens is 2. The molecule has 0 aromatic heterocycles. The van der Waals surface area contributed by atoms with Crippen molar-refractivity contribution in [1.82, 2.24) is 0 Å². The topological polar surface area (TPSA) is 23.8 Å². The Hall–Kier alpha value is -0.710. The minimum atomic E-state index is -0.462. The van der Waals surface area contributed by atoms with Crippen molar-refractivity contribution in [2.45, 2.75) is 5.92 Å². The summed E-state index contributed by atoms with van der Waals surface area (Å²) in [6.07, 6.45) is 0. The molecule has 61 valence electrons. The molecule has 0 aliphatic carbocycles. The molecule has 1 atom stereocenters. The minimum absolute atomic E-state index is 0.462. The standard InChI is InChI=1S/C9H6Cl2N/c1-6(5-12)8-4-7(10)2-3-9(8)11/h2-4,6H,1H2. The highest BCUT2D eigenvalue weighted by molar-refractivity contribution is 6.33. The molecule has 0 saturated carbocycles. The molecule has 0 N–H and O–H groups in total. The lowest BCUT2D eigenvalue weighted by molar-refractivity contribution is 1.09. The van der Waals surface area contributed by atoms with Crippen LogP contribution in [0.25, 0.3) is 0 Å².